The van der Waals surface area contributed by atoms with E-state index in [2.05, 4.69) is 36.0 Å². The summed E-state index contributed by atoms with van der Waals surface area (Å²) in [7, 11) is 3.10. The number of H-pyrrole nitrogens is 2. The number of nitrogens with one attached hydrogen (secondary N) is 4. The van der Waals surface area contributed by atoms with Gasteiger partial charge in [0.15, 0.2) is 34.8 Å². The summed E-state index contributed by atoms with van der Waals surface area (Å²) in [6.45, 7) is 0.0446. The minimum absolute atomic E-state index is 0.0205. The fourth-order valence-corrected chi connectivity index (χ4v) is 3.54. The fourth-order valence-electron chi connectivity index (χ4n) is 3.31. The highest BCUT2D eigenvalue weighted by atomic mass is 35.5. The Kier molecular flexibility index (Phi) is 7.63. The van der Waals surface area contributed by atoms with Crippen molar-refractivity contribution in [2.75, 3.05) is 19.5 Å². The molecular formula is C23H20ClF2N7O4. The molecule has 0 radical (unpaired) electrons. The van der Waals surface area contributed by atoms with Gasteiger partial charge in [0.05, 0.1) is 31.4 Å². The van der Waals surface area contributed by atoms with Crippen LogP contribution in [0.15, 0.2) is 36.4 Å². The number of nitrogens with zero attached hydrogens (tertiary/aromatic N) is 3. The molecule has 4 rings (SSSR count). The highest BCUT2D eigenvalue weighted by Crippen LogP contribution is 2.28. The maximum absolute atomic E-state index is 13.5. The number of aromatic nitrogens is 5. The standard InChI is InChI=1S/C23H20ClF2N7O4/c1-36-17-4-3-11(5-18(17)37-2)6-19-28-21(33-32-19)10-27-23(35)16-9-20(31-30-16)29-22(34)12-7-14(25)15(26)8-13(12)24/h3-5,7-9H,6,10H2,1-2H3,(H,27,35)(H,28,32,33)(H2,29,30,31,34). The van der Waals surface area contributed by atoms with E-state index in [1.165, 1.54) is 6.07 Å². The summed E-state index contributed by atoms with van der Waals surface area (Å²) in [5.74, 6) is -1.65. The average Bonchev–Trinajstić information content (AvgIpc) is 3.54. The molecule has 0 aliphatic rings. The number of anilines is 1. The predicted molar refractivity (Wildman–Crippen MR) is 128 cm³/mol. The zero-order valence-electron chi connectivity index (χ0n) is 19.5. The van der Waals surface area contributed by atoms with Crippen LogP contribution in [0.3, 0.4) is 0 Å². The van der Waals surface area contributed by atoms with Gasteiger partial charge < -0.3 is 20.1 Å². The molecule has 2 heterocycles. The van der Waals surface area contributed by atoms with Crippen LogP contribution in [0.5, 0.6) is 11.5 Å². The van der Waals surface area contributed by atoms with Gasteiger partial charge in [0.1, 0.15) is 11.5 Å². The number of benzene rings is 2. The van der Waals surface area contributed by atoms with Crippen molar-refractivity contribution >= 4 is 29.2 Å². The summed E-state index contributed by atoms with van der Waals surface area (Å²) in [5, 5.41) is 17.9. The smallest absolute Gasteiger partial charge is 0.269 e. The molecule has 0 aliphatic carbocycles. The van der Waals surface area contributed by atoms with Gasteiger partial charge in [0.2, 0.25) is 0 Å². The first-order valence-electron chi connectivity index (χ1n) is 10.7. The Labute approximate surface area is 213 Å². The third-order valence-electron chi connectivity index (χ3n) is 5.12. The molecule has 0 bridgehead atoms. The predicted octanol–water partition coefficient (Wildman–Crippen LogP) is 3.25. The van der Waals surface area contributed by atoms with Crippen molar-refractivity contribution in [3.63, 3.8) is 0 Å². The third kappa shape index (κ3) is 6.01. The molecule has 4 aromatic rings. The zero-order chi connectivity index (χ0) is 26.5. The van der Waals surface area contributed by atoms with Gasteiger partial charge in [-0.05, 0) is 29.8 Å². The molecule has 0 fully saturated rings. The van der Waals surface area contributed by atoms with Crippen LogP contribution in [0.4, 0.5) is 14.6 Å². The second kappa shape index (κ2) is 11.0. The van der Waals surface area contributed by atoms with Crippen molar-refractivity contribution < 1.29 is 27.8 Å². The molecular weight excluding hydrogens is 512 g/mol. The Hall–Kier alpha value is -4.52. The largest absolute Gasteiger partial charge is 0.493 e. The van der Waals surface area contributed by atoms with Crippen LogP contribution in [0.1, 0.15) is 38.1 Å². The quantitative estimate of drug-likeness (QED) is 0.242. The van der Waals surface area contributed by atoms with Crippen LogP contribution in [0.25, 0.3) is 0 Å². The first-order valence-corrected chi connectivity index (χ1v) is 11.1. The van der Waals surface area contributed by atoms with Crippen LogP contribution in [0, 0.1) is 11.6 Å². The first kappa shape index (κ1) is 25.6. The van der Waals surface area contributed by atoms with E-state index in [0.717, 1.165) is 5.56 Å². The van der Waals surface area contributed by atoms with E-state index >= 15 is 0 Å². The molecule has 2 aromatic carbocycles. The van der Waals surface area contributed by atoms with E-state index < -0.39 is 23.4 Å². The van der Waals surface area contributed by atoms with Gasteiger partial charge in [-0.15, -0.1) is 0 Å². The van der Waals surface area contributed by atoms with Crippen molar-refractivity contribution in [2.45, 2.75) is 13.0 Å². The summed E-state index contributed by atoms with van der Waals surface area (Å²) in [6.07, 6.45) is 0.427. The first-order chi connectivity index (χ1) is 17.8. The Morgan fingerprint density at radius 1 is 0.973 bits per heavy atom. The van der Waals surface area contributed by atoms with Crippen LogP contribution in [-0.2, 0) is 13.0 Å². The molecule has 0 aliphatic heterocycles. The molecule has 0 saturated carbocycles. The Morgan fingerprint density at radius 3 is 2.49 bits per heavy atom. The molecule has 0 atom stereocenters. The number of hydrogen-bond acceptors (Lipinski definition) is 7. The lowest BCUT2D eigenvalue weighted by Gasteiger charge is -2.08. The number of carbonyl (C=O) groups is 2. The van der Waals surface area contributed by atoms with Gasteiger partial charge in [-0.25, -0.2) is 13.8 Å². The van der Waals surface area contributed by atoms with E-state index in [1.54, 1.807) is 20.3 Å². The Balaban J connectivity index is 1.33. The summed E-state index contributed by atoms with van der Waals surface area (Å²) in [5.41, 5.74) is 0.657. The molecule has 14 heteroatoms. The molecule has 0 spiro atoms. The molecule has 11 nitrogen and oxygen atoms in total. The normalized spacial score (nSPS) is 10.7. The highest BCUT2D eigenvalue weighted by molar-refractivity contribution is 6.34. The summed E-state index contributed by atoms with van der Waals surface area (Å²) >= 11 is 5.81. The number of aromatic amines is 2. The van der Waals surface area contributed by atoms with Crippen molar-refractivity contribution in [3.05, 3.63) is 81.5 Å². The fraction of sp³-hybridized carbons (Fsp3) is 0.174. The van der Waals surface area contributed by atoms with E-state index in [-0.39, 0.29) is 28.6 Å². The summed E-state index contributed by atoms with van der Waals surface area (Å²) < 4.78 is 37.2. The van der Waals surface area contributed by atoms with Gasteiger partial charge in [-0.1, -0.05) is 17.7 Å². The second-order valence-electron chi connectivity index (χ2n) is 7.61. The monoisotopic (exact) mass is 531 g/mol. The number of ether oxygens (including phenoxy) is 2. The number of amides is 2. The number of halogens is 3. The lowest BCUT2D eigenvalue weighted by atomic mass is 10.1. The number of hydrogen-bond donors (Lipinski definition) is 4. The van der Waals surface area contributed by atoms with Crippen molar-refractivity contribution in [3.8, 4) is 11.5 Å². The summed E-state index contributed by atoms with van der Waals surface area (Å²) in [6, 6.07) is 8.11. The third-order valence-corrected chi connectivity index (χ3v) is 5.44. The van der Waals surface area contributed by atoms with Crippen molar-refractivity contribution in [2.24, 2.45) is 0 Å². The zero-order valence-corrected chi connectivity index (χ0v) is 20.2. The number of carbonyl (C=O) groups excluding carboxylic acids is 2. The topological polar surface area (TPSA) is 147 Å². The van der Waals surface area contributed by atoms with Gasteiger partial charge in [0, 0.05) is 12.5 Å². The molecule has 192 valence electrons. The molecule has 4 N–H and O–H groups in total. The lowest BCUT2D eigenvalue weighted by molar-refractivity contribution is 0.0944. The maximum atomic E-state index is 13.5. The van der Waals surface area contributed by atoms with Crippen LogP contribution in [-0.4, -0.2) is 51.4 Å². The van der Waals surface area contributed by atoms with Crippen LogP contribution < -0.4 is 20.1 Å². The highest BCUT2D eigenvalue weighted by Gasteiger charge is 2.18. The molecule has 0 unspecified atom stereocenters. The van der Waals surface area contributed by atoms with Crippen LogP contribution >= 0.6 is 11.6 Å². The van der Waals surface area contributed by atoms with Crippen LogP contribution in [0.2, 0.25) is 5.02 Å². The Bertz CT molecular complexity index is 1460. The minimum atomic E-state index is -1.23. The molecule has 2 aromatic heterocycles. The van der Waals surface area contributed by atoms with E-state index in [9.17, 15) is 18.4 Å². The number of methoxy groups -OCH3 is 2. The Morgan fingerprint density at radius 2 is 1.73 bits per heavy atom. The van der Waals surface area contributed by atoms with Gasteiger partial charge in [0.25, 0.3) is 11.8 Å². The molecule has 2 amide bonds. The van der Waals surface area contributed by atoms with Crippen molar-refractivity contribution in [1.82, 2.24) is 30.7 Å². The maximum Gasteiger partial charge on any atom is 0.269 e. The second-order valence-corrected chi connectivity index (χ2v) is 8.02. The molecule has 37 heavy (non-hydrogen) atoms. The average molecular weight is 532 g/mol. The lowest BCUT2D eigenvalue weighted by Crippen LogP contribution is -2.23. The van der Waals surface area contributed by atoms with E-state index in [4.69, 9.17) is 21.1 Å². The van der Waals surface area contributed by atoms with Gasteiger partial charge in [-0.3, -0.25) is 19.8 Å². The SMILES string of the molecule is COc1ccc(Cc2n[nH]c(CNC(=O)c3cc(NC(=O)c4cc(F)c(F)cc4Cl)n[nH]3)n2)cc1OC. The number of rotatable bonds is 9. The van der Waals surface area contributed by atoms with Gasteiger partial charge >= 0.3 is 0 Å². The van der Waals surface area contributed by atoms with E-state index in [1.807, 2.05) is 12.1 Å². The summed E-state index contributed by atoms with van der Waals surface area (Å²) in [4.78, 5) is 29.1. The molecule has 0 saturated heterocycles. The minimum Gasteiger partial charge on any atom is -0.493 e. The van der Waals surface area contributed by atoms with Crippen molar-refractivity contribution in [1.29, 1.82) is 0 Å². The van der Waals surface area contributed by atoms with Gasteiger partial charge in [-0.2, -0.15) is 10.2 Å². The van der Waals surface area contributed by atoms with E-state index in [0.29, 0.717) is 41.7 Å².